The summed E-state index contributed by atoms with van der Waals surface area (Å²) >= 11 is 17.3. The number of anilines is 2. The predicted octanol–water partition coefficient (Wildman–Crippen LogP) is 4.43. The Bertz CT molecular complexity index is 1120. The lowest BCUT2D eigenvalue weighted by Crippen LogP contribution is -2.05. The van der Waals surface area contributed by atoms with Gasteiger partial charge in [-0.2, -0.15) is 0 Å². The maximum atomic E-state index is 11.5. The quantitative estimate of drug-likeness (QED) is 0.276. The van der Waals surface area contributed by atoms with Gasteiger partial charge in [0.15, 0.2) is 5.82 Å². The molecule has 11 heteroatoms. The van der Waals surface area contributed by atoms with E-state index in [9.17, 15) is 9.59 Å². The van der Waals surface area contributed by atoms with Gasteiger partial charge in [0.05, 0.1) is 47.8 Å². The van der Waals surface area contributed by atoms with E-state index in [1.807, 2.05) is 6.92 Å². The molecule has 3 aromatic rings. The van der Waals surface area contributed by atoms with Gasteiger partial charge < -0.3 is 25.9 Å². The first-order chi connectivity index (χ1) is 14.4. The molecule has 1 heterocycles. The average Bonchev–Trinajstić information content (AvgIpc) is 3.16. The number of esters is 2. The van der Waals surface area contributed by atoms with Crippen molar-refractivity contribution in [3.05, 3.63) is 52.3 Å². The van der Waals surface area contributed by atoms with Gasteiger partial charge in [-0.1, -0.05) is 34.8 Å². The van der Waals surface area contributed by atoms with Crippen molar-refractivity contribution in [1.82, 2.24) is 9.97 Å². The van der Waals surface area contributed by atoms with E-state index in [0.717, 1.165) is 11.1 Å². The standard InChI is InChI=1S/C11H9Cl3N2O2.C9H12N2O2/c1-5-3-6(9(17)18-2)4-7-8(5)16-10(15-7)11(12,13)14;1-5-3-6(9(12)13-2)4-7(10)8(5)11/h3-4H,1-2H3,(H,15,16);3-4H,10-11H2,1-2H3. The molecular weight excluding hydrogens is 467 g/mol. The van der Waals surface area contributed by atoms with E-state index in [1.54, 1.807) is 25.1 Å². The Labute approximate surface area is 193 Å². The summed E-state index contributed by atoms with van der Waals surface area (Å²) in [6, 6.07) is 6.45. The highest BCUT2D eigenvalue weighted by atomic mass is 35.6. The van der Waals surface area contributed by atoms with Crippen LogP contribution >= 0.6 is 34.8 Å². The summed E-state index contributed by atoms with van der Waals surface area (Å²) < 4.78 is 7.59. The molecule has 0 aliphatic rings. The number of H-pyrrole nitrogens is 1. The van der Waals surface area contributed by atoms with Crippen LogP contribution in [0.1, 0.15) is 37.7 Å². The molecule has 3 rings (SSSR count). The monoisotopic (exact) mass is 486 g/mol. The Morgan fingerprint density at radius 1 is 0.935 bits per heavy atom. The molecule has 0 spiro atoms. The van der Waals surface area contributed by atoms with Crippen LogP contribution in [-0.4, -0.2) is 36.1 Å². The molecule has 0 amide bonds. The van der Waals surface area contributed by atoms with E-state index in [1.165, 1.54) is 20.3 Å². The number of nitrogens with zero attached hydrogens (tertiary/aromatic N) is 1. The van der Waals surface area contributed by atoms with Gasteiger partial charge in [-0.3, -0.25) is 0 Å². The van der Waals surface area contributed by atoms with Crippen molar-refractivity contribution in [2.45, 2.75) is 17.6 Å². The third-order valence-corrected chi connectivity index (χ3v) is 4.84. The van der Waals surface area contributed by atoms with Crippen LogP contribution in [0, 0.1) is 13.8 Å². The van der Waals surface area contributed by atoms with Gasteiger partial charge in [0.1, 0.15) is 0 Å². The summed E-state index contributed by atoms with van der Waals surface area (Å²) in [5.74, 6) is -0.618. The second-order valence-corrected chi connectivity index (χ2v) is 8.83. The van der Waals surface area contributed by atoms with E-state index < -0.39 is 15.7 Å². The molecule has 0 atom stereocenters. The molecule has 0 radical (unpaired) electrons. The summed E-state index contributed by atoms with van der Waals surface area (Å²) in [5.41, 5.74) is 15.8. The van der Waals surface area contributed by atoms with Gasteiger partial charge in [0.25, 0.3) is 0 Å². The number of aromatic amines is 1. The van der Waals surface area contributed by atoms with Crippen LogP contribution in [0.2, 0.25) is 0 Å². The number of nitrogen functional groups attached to an aromatic ring is 2. The minimum Gasteiger partial charge on any atom is -0.465 e. The third-order valence-electron chi connectivity index (χ3n) is 4.31. The zero-order valence-electron chi connectivity index (χ0n) is 17.2. The fourth-order valence-corrected chi connectivity index (χ4v) is 2.99. The number of hydrogen-bond donors (Lipinski definition) is 3. The average molecular weight is 488 g/mol. The molecule has 2 aromatic carbocycles. The van der Waals surface area contributed by atoms with Crippen LogP contribution in [0.5, 0.6) is 0 Å². The number of ether oxygens (including phenoxy) is 2. The lowest BCUT2D eigenvalue weighted by atomic mass is 10.1. The van der Waals surface area contributed by atoms with Crippen molar-refractivity contribution >= 4 is 69.1 Å². The third kappa shape index (κ3) is 5.72. The van der Waals surface area contributed by atoms with Crippen LogP contribution in [-0.2, 0) is 13.3 Å². The number of carbonyl (C=O) groups is 2. The zero-order valence-corrected chi connectivity index (χ0v) is 19.4. The van der Waals surface area contributed by atoms with Crippen molar-refractivity contribution in [2.75, 3.05) is 25.7 Å². The topological polar surface area (TPSA) is 133 Å². The van der Waals surface area contributed by atoms with Crippen LogP contribution in [0.15, 0.2) is 24.3 Å². The minimum absolute atomic E-state index is 0.215. The highest BCUT2D eigenvalue weighted by Gasteiger charge is 2.27. The highest BCUT2D eigenvalue weighted by Crippen LogP contribution is 2.37. The fourth-order valence-electron chi connectivity index (χ4n) is 2.72. The van der Waals surface area contributed by atoms with Gasteiger partial charge in [0, 0.05) is 0 Å². The van der Waals surface area contributed by atoms with Gasteiger partial charge in [-0.15, -0.1) is 0 Å². The summed E-state index contributed by atoms with van der Waals surface area (Å²) in [6.07, 6.45) is 0. The largest absolute Gasteiger partial charge is 0.465 e. The summed E-state index contributed by atoms with van der Waals surface area (Å²) in [6.45, 7) is 3.61. The summed E-state index contributed by atoms with van der Waals surface area (Å²) in [4.78, 5) is 29.7. The Balaban J connectivity index is 0.000000233. The first-order valence-electron chi connectivity index (χ1n) is 8.78. The second kappa shape index (κ2) is 9.64. The number of aromatic nitrogens is 2. The zero-order chi connectivity index (χ0) is 23.5. The van der Waals surface area contributed by atoms with E-state index in [-0.39, 0.29) is 5.82 Å². The Hall–Kier alpha value is -2.68. The van der Waals surface area contributed by atoms with E-state index in [0.29, 0.717) is 33.5 Å². The van der Waals surface area contributed by atoms with E-state index in [4.69, 9.17) is 46.3 Å². The maximum Gasteiger partial charge on any atom is 0.337 e. The molecule has 0 saturated heterocycles. The van der Waals surface area contributed by atoms with Crippen molar-refractivity contribution in [2.24, 2.45) is 0 Å². The summed E-state index contributed by atoms with van der Waals surface area (Å²) in [7, 11) is 2.64. The smallest absolute Gasteiger partial charge is 0.337 e. The van der Waals surface area contributed by atoms with E-state index >= 15 is 0 Å². The number of nitrogens with one attached hydrogen (secondary N) is 1. The first-order valence-corrected chi connectivity index (χ1v) is 9.92. The molecule has 0 unspecified atom stereocenters. The molecule has 5 N–H and O–H groups in total. The first kappa shape index (κ1) is 24.6. The minimum atomic E-state index is -1.63. The molecule has 166 valence electrons. The molecule has 0 aliphatic heterocycles. The lowest BCUT2D eigenvalue weighted by Gasteiger charge is -2.06. The number of fused-ring (bicyclic) bond motifs is 1. The molecule has 0 saturated carbocycles. The number of nitrogens with two attached hydrogens (primary N) is 2. The molecule has 1 aromatic heterocycles. The van der Waals surface area contributed by atoms with Crippen LogP contribution in [0.25, 0.3) is 11.0 Å². The lowest BCUT2D eigenvalue weighted by molar-refractivity contribution is 0.0592. The van der Waals surface area contributed by atoms with Crippen molar-refractivity contribution in [3.8, 4) is 0 Å². The van der Waals surface area contributed by atoms with E-state index in [2.05, 4.69) is 19.4 Å². The number of methoxy groups -OCH3 is 2. The highest BCUT2D eigenvalue weighted by molar-refractivity contribution is 6.66. The number of alkyl halides is 3. The number of aryl methyl sites for hydroxylation is 2. The molecule has 31 heavy (non-hydrogen) atoms. The Morgan fingerprint density at radius 2 is 1.45 bits per heavy atom. The Morgan fingerprint density at radius 3 is 1.94 bits per heavy atom. The second-order valence-electron chi connectivity index (χ2n) is 6.55. The fraction of sp³-hybridized carbons (Fsp3) is 0.250. The number of benzene rings is 2. The van der Waals surface area contributed by atoms with Gasteiger partial charge in [-0.05, 0) is 49.2 Å². The molecule has 0 fully saturated rings. The number of imidazole rings is 1. The number of hydrogen-bond acceptors (Lipinski definition) is 7. The van der Waals surface area contributed by atoms with Crippen LogP contribution < -0.4 is 11.5 Å². The van der Waals surface area contributed by atoms with Crippen molar-refractivity contribution in [1.29, 1.82) is 0 Å². The number of halogens is 3. The summed E-state index contributed by atoms with van der Waals surface area (Å²) in [5, 5.41) is 0. The SMILES string of the molecule is COC(=O)c1cc(C)c(N)c(N)c1.COC(=O)c1cc(C)c2nc(C(Cl)(Cl)Cl)[nH]c2c1. The van der Waals surface area contributed by atoms with Gasteiger partial charge >= 0.3 is 11.9 Å². The molecule has 0 aliphatic carbocycles. The number of carbonyl (C=O) groups excluding carboxylic acids is 2. The van der Waals surface area contributed by atoms with Crippen LogP contribution in [0.4, 0.5) is 11.4 Å². The maximum absolute atomic E-state index is 11.5. The van der Waals surface area contributed by atoms with Crippen molar-refractivity contribution in [3.63, 3.8) is 0 Å². The Kier molecular flexibility index (Phi) is 7.64. The molecular formula is C20H21Cl3N4O4. The van der Waals surface area contributed by atoms with Gasteiger partial charge in [-0.25, -0.2) is 14.6 Å². The van der Waals surface area contributed by atoms with Crippen LogP contribution in [0.3, 0.4) is 0 Å². The van der Waals surface area contributed by atoms with Gasteiger partial charge in [0.2, 0.25) is 3.79 Å². The molecule has 8 nitrogen and oxygen atoms in total. The number of rotatable bonds is 2. The predicted molar refractivity (Wildman–Crippen MR) is 123 cm³/mol. The molecule has 0 bridgehead atoms. The normalized spacial score (nSPS) is 10.9. The van der Waals surface area contributed by atoms with Crippen molar-refractivity contribution < 1.29 is 19.1 Å².